The summed E-state index contributed by atoms with van der Waals surface area (Å²) in [5.74, 6) is -0.609. The molecular weight excluding hydrogens is 248 g/mol. The number of H-pyrrole nitrogens is 1. The molecule has 0 fully saturated rings. The summed E-state index contributed by atoms with van der Waals surface area (Å²) in [7, 11) is 0. The van der Waals surface area contributed by atoms with Crippen molar-refractivity contribution >= 4 is 17.4 Å². The molecule has 0 aliphatic carbocycles. The van der Waals surface area contributed by atoms with Gasteiger partial charge in [-0.2, -0.15) is 0 Å². The highest BCUT2D eigenvalue weighted by molar-refractivity contribution is 5.92. The third kappa shape index (κ3) is 3.09. The topological polar surface area (TPSA) is 114 Å². The molecule has 2 rings (SSSR count). The number of carbonyl (C=O) groups excluding carboxylic acids is 1. The first-order valence-electron chi connectivity index (χ1n) is 5.52. The van der Waals surface area contributed by atoms with Gasteiger partial charge in [0, 0.05) is 18.3 Å². The fourth-order valence-electron chi connectivity index (χ4n) is 1.54. The number of aromatic amines is 1. The molecular formula is C12H12N4O3. The minimum atomic E-state index is -0.587. The van der Waals surface area contributed by atoms with E-state index in [4.69, 9.17) is 5.73 Å². The molecule has 0 atom stereocenters. The highest BCUT2D eigenvalue weighted by Crippen LogP contribution is 2.10. The maximum absolute atomic E-state index is 11.7. The molecule has 7 nitrogen and oxygen atoms in total. The van der Waals surface area contributed by atoms with Crippen LogP contribution in [0.5, 0.6) is 0 Å². The summed E-state index contributed by atoms with van der Waals surface area (Å²) in [6.45, 7) is 0.325. The van der Waals surface area contributed by atoms with Crippen LogP contribution in [0.1, 0.15) is 16.1 Å². The molecule has 0 radical (unpaired) electrons. The van der Waals surface area contributed by atoms with E-state index in [1.54, 1.807) is 24.3 Å². The fourth-order valence-corrected chi connectivity index (χ4v) is 1.54. The average molecular weight is 260 g/mol. The Balaban J connectivity index is 1.97. The van der Waals surface area contributed by atoms with E-state index in [9.17, 15) is 14.9 Å². The molecule has 0 aliphatic heterocycles. The Bertz CT molecular complexity index is 604. The van der Waals surface area contributed by atoms with Crippen LogP contribution in [0.15, 0.2) is 36.4 Å². The number of nitrogen functional groups attached to an aromatic ring is 1. The minimum absolute atomic E-state index is 0.155. The van der Waals surface area contributed by atoms with Gasteiger partial charge >= 0.3 is 5.82 Å². The fraction of sp³-hybridized carbons (Fsp3) is 0.0833. The highest BCUT2D eigenvalue weighted by atomic mass is 16.6. The predicted molar refractivity (Wildman–Crippen MR) is 69.5 cm³/mol. The van der Waals surface area contributed by atoms with Gasteiger partial charge in [-0.15, -0.1) is 0 Å². The van der Waals surface area contributed by atoms with Gasteiger partial charge in [0.05, 0.1) is 0 Å². The van der Waals surface area contributed by atoms with Gasteiger partial charge in [-0.25, -0.2) is 4.98 Å². The van der Waals surface area contributed by atoms with Crippen LogP contribution in [0.25, 0.3) is 0 Å². The normalized spacial score (nSPS) is 10.1. The van der Waals surface area contributed by atoms with Crippen LogP contribution in [-0.2, 0) is 6.54 Å². The lowest BCUT2D eigenvalue weighted by molar-refractivity contribution is -0.389. The summed E-state index contributed by atoms with van der Waals surface area (Å²) in [6, 6.07) is 9.69. The van der Waals surface area contributed by atoms with Crippen LogP contribution in [0.2, 0.25) is 0 Å². The zero-order valence-electron chi connectivity index (χ0n) is 9.92. The van der Waals surface area contributed by atoms with E-state index in [1.165, 1.54) is 12.1 Å². The molecule has 1 amide bonds. The number of nitrogens with two attached hydrogens (primary N) is 1. The minimum Gasteiger partial charge on any atom is -0.399 e. The quantitative estimate of drug-likeness (QED) is 0.438. The van der Waals surface area contributed by atoms with Crippen molar-refractivity contribution in [1.82, 2.24) is 10.3 Å². The van der Waals surface area contributed by atoms with Gasteiger partial charge < -0.3 is 21.2 Å². The summed E-state index contributed by atoms with van der Waals surface area (Å²) < 4.78 is 0. The zero-order chi connectivity index (χ0) is 13.8. The predicted octanol–water partition coefficient (Wildman–Crippen LogP) is 1.44. The van der Waals surface area contributed by atoms with Gasteiger partial charge in [0.15, 0.2) is 5.69 Å². The van der Waals surface area contributed by atoms with Crippen molar-refractivity contribution in [3.63, 3.8) is 0 Å². The van der Waals surface area contributed by atoms with E-state index in [-0.39, 0.29) is 11.5 Å². The second-order valence-corrected chi connectivity index (χ2v) is 3.94. The van der Waals surface area contributed by atoms with Crippen molar-refractivity contribution in [2.45, 2.75) is 6.54 Å². The first kappa shape index (κ1) is 12.6. The number of nitrogens with zero attached hydrogens (tertiary/aromatic N) is 1. The number of benzene rings is 1. The molecule has 1 heterocycles. The second-order valence-electron chi connectivity index (χ2n) is 3.94. The van der Waals surface area contributed by atoms with Crippen LogP contribution in [0.4, 0.5) is 11.5 Å². The van der Waals surface area contributed by atoms with Crippen molar-refractivity contribution in [2.24, 2.45) is 0 Å². The van der Waals surface area contributed by atoms with Crippen LogP contribution >= 0.6 is 0 Å². The number of nitro groups is 1. The number of hydrogen-bond donors (Lipinski definition) is 3. The molecule has 1 aromatic heterocycles. The third-order valence-electron chi connectivity index (χ3n) is 2.54. The standard InChI is InChI=1S/C12H12N4O3/c13-9-3-1-8(2-4-9)7-14-12(17)10-5-6-11(15-10)16(18)19/h1-6,15H,7,13H2,(H,14,17). The van der Waals surface area contributed by atoms with Crippen LogP contribution in [-0.4, -0.2) is 15.8 Å². The van der Waals surface area contributed by atoms with E-state index in [0.29, 0.717) is 12.2 Å². The maximum Gasteiger partial charge on any atom is 0.321 e. The second kappa shape index (κ2) is 5.21. The molecule has 0 saturated heterocycles. The number of anilines is 1. The number of hydrogen-bond acceptors (Lipinski definition) is 4. The smallest absolute Gasteiger partial charge is 0.321 e. The molecule has 98 valence electrons. The maximum atomic E-state index is 11.7. The SMILES string of the molecule is Nc1ccc(CNC(=O)c2ccc([N+](=O)[O-])[nH]2)cc1. The summed E-state index contributed by atoms with van der Waals surface area (Å²) >= 11 is 0. The first-order chi connectivity index (χ1) is 9.06. The summed E-state index contributed by atoms with van der Waals surface area (Å²) in [5, 5.41) is 13.1. The number of aromatic nitrogens is 1. The molecule has 1 aromatic carbocycles. The molecule has 0 bridgehead atoms. The van der Waals surface area contributed by atoms with Gasteiger partial charge in [-0.3, -0.25) is 4.79 Å². The Kier molecular flexibility index (Phi) is 3.46. The summed E-state index contributed by atoms with van der Waals surface area (Å²) in [4.78, 5) is 24.1. The Hall–Kier alpha value is -2.83. The average Bonchev–Trinajstić information content (AvgIpc) is 2.87. The van der Waals surface area contributed by atoms with Crippen molar-refractivity contribution in [2.75, 3.05) is 5.73 Å². The molecule has 0 unspecified atom stereocenters. The first-order valence-corrected chi connectivity index (χ1v) is 5.52. The van der Waals surface area contributed by atoms with Crippen molar-refractivity contribution in [1.29, 1.82) is 0 Å². The van der Waals surface area contributed by atoms with E-state index in [1.807, 2.05) is 0 Å². The third-order valence-corrected chi connectivity index (χ3v) is 2.54. The summed E-state index contributed by atoms with van der Waals surface area (Å²) in [6.07, 6.45) is 0. The highest BCUT2D eigenvalue weighted by Gasteiger charge is 2.14. The van der Waals surface area contributed by atoms with Crippen molar-refractivity contribution in [3.8, 4) is 0 Å². The van der Waals surface area contributed by atoms with Crippen LogP contribution in [0.3, 0.4) is 0 Å². The Morgan fingerprint density at radius 2 is 1.95 bits per heavy atom. The molecule has 2 aromatic rings. The molecule has 19 heavy (non-hydrogen) atoms. The summed E-state index contributed by atoms with van der Waals surface area (Å²) in [5.41, 5.74) is 7.24. The number of carbonyl (C=O) groups is 1. The molecule has 7 heteroatoms. The lowest BCUT2D eigenvalue weighted by Crippen LogP contribution is -2.23. The van der Waals surface area contributed by atoms with E-state index < -0.39 is 10.8 Å². The Morgan fingerprint density at radius 3 is 2.53 bits per heavy atom. The molecule has 0 aliphatic rings. The molecule has 0 spiro atoms. The lowest BCUT2D eigenvalue weighted by Gasteiger charge is -2.03. The van der Waals surface area contributed by atoms with Gasteiger partial charge in [0.2, 0.25) is 0 Å². The van der Waals surface area contributed by atoms with Gasteiger partial charge in [-0.1, -0.05) is 12.1 Å². The zero-order valence-corrected chi connectivity index (χ0v) is 9.92. The van der Waals surface area contributed by atoms with E-state index in [0.717, 1.165) is 5.56 Å². The van der Waals surface area contributed by atoms with Crippen LogP contribution < -0.4 is 11.1 Å². The largest absolute Gasteiger partial charge is 0.399 e. The molecule has 0 saturated carbocycles. The van der Waals surface area contributed by atoms with Gasteiger partial charge in [-0.05, 0) is 28.7 Å². The van der Waals surface area contributed by atoms with Crippen molar-refractivity contribution < 1.29 is 9.72 Å². The number of nitrogens with one attached hydrogen (secondary N) is 2. The van der Waals surface area contributed by atoms with Crippen LogP contribution in [0, 0.1) is 10.1 Å². The monoisotopic (exact) mass is 260 g/mol. The van der Waals surface area contributed by atoms with Crippen molar-refractivity contribution in [3.05, 3.63) is 57.8 Å². The number of rotatable bonds is 4. The lowest BCUT2D eigenvalue weighted by atomic mass is 10.2. The molecule has 4 N–H and O–H groups in total. The Labute approximate surface area is 108 Å². The van der Waals surface area contributed by atoms with E-state index >= 15 is 0 Å². The van der Waals surface area contributed by atoms with Gasteiger partial charge in [0.1, 0.15) is 0 Å². The Morgan fingerprint density at radius 1 is 1.26 bits per heavy atom. The van der Waals surface area contributed by atoms with E-state index in [2.05, 4.69) is 10.3 Å². The van der Waals surface area contributed by atoms with Gasteiger partial charge in [0.25, 0.3) is 5.91 Å². The number of amides is 1.